The summed E-state index contributed by atoms with van der Waals surface area (Å²) in [7, 11) is 0. The van der Waals surface area contributed by atoms with Crippen molar-refractivity contribution in [3.8, 4) is 0 Å². The number of aryl methyl sites for hydroxylation is 1. The van der Waals surface area contributed by atoms with E-state index in [1.165, 1.54) is 0 Å². The molecule has 0 bridgehead atoms. The third-order valence-corrected chi connectivity index (χ3v) is 2.81. The highest BCUT2D eigenvalue weighted by Crippen LogP contribution is 2.07. The molecule has 1 aromatic carbocycles. The fourth-order valence-corrected chi connectivity index (χ4v) is 1.77. The van der Waals surface area contributed by atoms with Crippen molar-refractivity contribution in [2.24, 2.45) is 5.73 Å². The number of nitrogens with one attached hydrogen (secondary N) is 1. The van der Waals surface area contributed by atoms with Crippen molar-refractivity contribution in [1.82, 2.24) is 10.2 Å². The summed E-state index contributed by atoms with van der Waals surface area (Å²) in [5.41, 5.74) is 7.42. The number of amides is 2. The van der Waals surface area contributed by atoms with E-state index in [1.807, 2.05) is 32.0 Å². The Morgan fingerprint density at radius 3 is 2.68 bits per heavy atom. The minimum absolute atomic E-state index is 0.00428. The summed E-state index contributed by atoms with van der Waals surface area (Å²) < 4.78 is 0. The number of carbonyl (C=O) groups is 2. The van der Waals surface area contributed by atoms with Gasteiger partial charge in [-0.2, -0.15) is 0 Å². The molecule has 0 radical (unpaired) electrons. The maximum absolute atomic E-state index is 12.0. The van der Waals surface area contributed by atoms with Gasteiger partial charge < -0.3 is 16.0 Å². The Morgan fingerprint density at radius 1 is 1.37 bits per heavy atom. The quantitative estimate of drug-likeness (QED) is 0.781. The molecule has 0 atom stereocenters. The van der Waals surface area contributed by atoms with E-state index in [-0.39, 0.29) is 24.9 Å². The fourth-order valence-electron chi connectivity index (χ4n) is 1.77. The predicted molar refractivity (Wildman–Crippen MR) is 74.3 cm³/mol. The Kier molecular flexibility index (Phi) is 6.02. The summed E-state index contributed by atoms with van der Waals surface area (Å²) >= 11 is 0. The highest BCUT2D eigenvalue weighted by molar-refractivity contribution is 5.85. The lowest BCUT2D eigenvalue weighted by atomic mass is 10.1. The van der Waals surface area contributed by atoms with Gasteiger partial charge in [-0.15, -0.1) is 0 Å². The van der Waals surface area contributed by atoms with Crippen molar-refractivity contribution < 1.29 is 9.59 Å². The number of hydrogen-bond donors (Lipinski definition) is 2. The van der Waals surface area contributed by atoms with Crippen LogP contribution in [0.2, 0.25) is 0 Å². The summed E-state index contributed by atoms with van der Waals surface area (Å²) in [5.74, 6) is -0.425. The Hall–Kier alpha value is -1.88. The van der Waals surface area contributed by atoms with E-state index in [9.17, 15) is 9.59 Å². The van der Waals surface area contributed by atoms with Gasteiger partial charge in [0.1, 0.15) is 0 Å². The number of carbonyl (C=O) groups excluding carboxylic acids is 2. The lowest BCUT2D eigenvalue weighted by molar-refractivity contribution is -0.132. The summed E-state index contributed by atoms with van der Waals surface area (Å²) in [6, 6.07) is 8.03. The monoisotopic (exact) mass is 263 g/mol. The molecule has 0 saturated heterocycles. The van der Waals surface area contributed by atoms with Gasteiger partial charge in [-0.25, -0.2) is 0 Å². The van der Waals surface area contributed by atoms with Crippen molar-refractivity contribution in [3.63, 3.8) is 0 Å². The van der Waals surface area contributed by atoms with Crippen molar-refractivity contribution in [1.29, 1.82) is 0 Å². The summed E-state index contributed by atoms with van der Waals surface area (Å²) in [5, 5.41) is 2.49. The Labute approximate surface area is 113 Å². The van der Waals surface area contributed by atoms with E-state index in [1.54, 1.807) is 4.90 Å². The first kappa shape index (κ1) is 15.2. The van der Waals surface area contributed by atoms with Crippen molar-refractivity contribution in [2.75, 3.05) is 19.6 Å². The van der Waals surface area contributed by atoms with E-state index in [0.29, 0.717) is 13.1 Å². The second kappa shape index (κ2) is 7.53. The average molecular weight is 263 g/mol. The summed E-state index contributed by atoms with van der Waals surface area (Å²) in [6.07, 6.45) is 0. The SMILES string of the molecule is CCN(Cc1cccc(C)c1)C(=O)CNC(=O)CN. The maximum Gasteiger partial charge on any atom is 0.242 e. The van der Waals surface area contributed by atoms with Gasteiger partial charge in [-0.05, 0) is 19.4 Å². The van der Waals surface area contributed by atoms with Crippen LogP contribution in [0.1, 0.15) is 18.1 Å². The Balaban J connectivity index is 2.57. The molecule has 104 valence electrons. The normalized spacial score (nSPS) is 10.1. The van der Waals surface area contributed by atoms with E-state index in [4.69, 9.17) is 5.73 Å². The number of nitrogens with two attached hydrogens (primary N) is 1. The molecule has 3 N–H and O–H groups in total. The number of hydrogen-bond acceptors (Lipinski definition) is 3. The van der Waals surface area contributed by atoms with Crippen LogP contribution in [0.5, 0.6) is 0 Å². The van der Waals surface area contributed by atoms with E-state index >= 15 is 0 Å². The first-order valence-electron chi connectivity index (χ1n) is 6.37. The number of likely N-dealkylation sites (N-methyl/N-ethyl adjacent to an activating group) is 1. The van der Waals surface area contributed by atoms with Gasteiger partial charge in [0.25, 0.3) is 0 Å². The average Bonchev–Trinajstić information content (AvgIpc) is 2.41. The zero-order chi connectivity index (χ0) is 14.3. The molecule has 0 fully saturated rings. The van der Waals surface area contributed by atoms with E-state index < -0.39 is 0 Å². The second-order valence-corrected chi connectivity index (χ2v) is 4.38. The number of rotatable bonds is 6. The molecule has 2 amide bonds. The lowest BCUT2D eigenvalue weighted by Crippen LogP contribution is -2.41. The van der Waals surface area contributed by atoms with Crippen LogP contribution in [0.15, 0.2) is 24.3 Å². The molecule has 1 aromatic rings. The molecule has 0 aliphatic rings. The maximum atomic E-state index is 12.0. The van der Waals surface area contributed by atoms with Crippen LogP contribution >= 0.6 is 0 Å². The largest absolute Gasteiger partial charge is 0.346 e. The molecule has 0 aliphatic heterocycles. The predicted octanol–water partition coefficient (Wildman–Crippen LogP) is 0.418. The molecule has 0 aliphatic carbocycles. The van der Waals surface area contributed by atoms with E-state index in [2.05, 4.69) is 11.4 Å². The highest BCUT2D eigenvalue weighted by atomic mass is 16.2. The van der Waals surface area contributed by atoms with Gasteiger partial charge in [0, 0.05) is 13.1 Å². The van der Waals surface area contributed by atoms with Crippen molar-refractivity contribution >= 4 is 11.8 Å². The van der Waals surface area contributed by atoms with Gasteiger partial charge in [0.2, 0.25) is 11.8 Å². The van der Waals surface area contributed by atoms with Gasteiger partial charge >= 0.3 is 0 Å². The van der Waals surface area contributed by atoms with Crippen LogP contribution in [0.25, 0.3) is 0 Å². The molecule has 5 nitrogen and oxygen atoms in total. The number of benzene rings is 1. The summed E-state index contributed by atoms with van der Waals surface area (Å²) in [6.45, 7) is 4.98. The van der Waals surface area contributed by atoms with Crippen molar-refractivity contribution in [2.45, 2.75) is 20.4 Å². The molecule has 0 spiro atoms. The smallest absolute Gasteiger partial charge is 0.242 e. The third kappa shape index (κ3) is 5.09. The minimum atomic E-state index is -0.319. The lowest BCUT2D eigenvalue weighted by Gasteiger charge is -2.21. The Bertz CT molecular complexity index is 446. The zero-order valence-corrected chi connectivity index (χ0v) is 11.5. The molecule has 1 rings (SSSR count). The van der Waals surface area contributed by atoms with Crippen LogP contribution in [0, 0.1) is 6.92 Å². The molecule has 0 unspecified atom stereocenters. The standard InChI is InChI=1S/C14H21N3O2/c1-3-17(14(19)9-16-13(18)8-15)10-12-6-4-5-11(2)7-12/h4-7H,3,8-10,15H2,1-2H3,(H,16,18). The first-order valence-corrected chi connectivity index (χ1v) is 6.37. The Morgan fingerprint density at radius 2 is 2.11 bits per heavy atom. The minimum Gasteiger partial charge on any atom is -0.346 e. The molecule has 0 saturated carbocycles. The molecule has 19 heavy (non-hydrogen) atoms. The zero-order valence-electron chi connectivity index (χ0n) is 11.5. The van der Waals surface area contributed by atoms with Crippen LogP contribution < -0.4 is 11.1 Å². The van der Waals surface area contributed by atoms with Gasteiger partial charge in [-0.1, -0.05) is 29.8 Å². The molecule has 0 heterocycles. The van der Waals surface area contributed by atoms with Crippen LogP contribution in [0.3, 0.4) is 0 Å². The topological polar surface area (TPSA) is 75.4 Å². The second-order valence-electron chi connectivity index (χ2n) is 4.38. The number of nitrogens with zero attached hydrogens (tertiary/aromatic N) is 1. The van der Waals surface area contributed by atoms with Crippen molar-refractivity contribution in [3.05, 3.63) is 35.4 Å². The molecule has 5 heteroatoms. The highest BCUT2D eigenvalue weighted by Gasteiger charge is 2.12. The van der Waals surface area contributed by atoms with Crippen LogP contribution in [-0.2, 0) is 16.1 Å². The fraction of sp³-hybridized carbons (Fsp3) is 0.429. The summed E-state index contributed by atoms with van der Waals surface area (Å²) in [4.78, 5) is 24.7. The van der Waals surface area contributed by atoms with Gasteiger partial charge in [0.15, 0.2) is 0 Å². The molecular weight excluding hydrogens is 242 g/mol. The molecular formula is C14H21N3O2. The van der Waals surface area contributed by atoms with E-state index in [0.717, 1.165) is 11.1 Å². The third-order valence-electron chi connectivity index (χ3n) is 2.81. The van der Waals surface area contributed by atoms with Gasteiger partial charge in [-0.3, -0.25) is 9.59 Å². The van der Waals surface area contributed by atoms with Crippen LogP contribution in [0.4, 0.5) is 0 Å². The first-order chi connectivity index (χ1) is 9.06. The molecule has 0 aromatic heterocycles. The van der Waals surface area contributed by atoms with Gasteiger partial charge in [0.05, 0.1) is 13.1 Å². The van der Waals surface area contributed by atoms with Crippen LogP contribution in [-0.4, -0.2) is 36.3 Å².